The van der Waals surface area contributed by atoms with Crippen LogP contribution in [-0.4, -0.2) is 33.2 Å². The molecule has 0 aromatic carbocycles. The Hall–Kier alpha value is -2.96. The number of carbonyl (C=O) groups is 2. The van der Waals surface area contributed by atoms with E-state index >= 15 is 0 Å². The first-order chi connectivity index (χ1) is 12.8. The highest BCUT2D eigenvalue weighted by Gasteiger charge is 2.34. The molecule has 0 spiro atoms. The first-order valence-corrected chi connectivity index (χ1v) is 9.11. The molecule has 0 bridgehead atoms. The van der Waals surface area contributed by atoms with Crippen LogP contribution in [-0.2, 0) is 9.59 Å². The first kappa shape index (κ1) is 18.8. The van der Waals surface area contributed by atoms with Crippen molar-refractivity contribution in [3.8, 4) is 0 Å². The summed E-state index contributed by atoms with van der Waals surface area (Å²) in [6.07, 6.45) is 5.02. The van der Waals surface area contributed by atoms with E-state index in [9.17, 15) is 9.59 Å². The number of carbonyl (C=O) groups excluding carboxylic acids is 2. The van der Waals surface area contributed by atoms with Gasteiger partial charge in [0.1, 0.15) is 5.82 Å². The molecule has 0 saturated carbocycles. The van der Waals surface area contributed by atoms with Gasteiger partial charge >= 0.3 is 11.8 Å². The number of nitrogens with one attached hydrogen (secondary N) is 1. The molecule has 0 unspecified atom stereocenters. The van der Waals surface area contributed by atoms with E-state index in [1.807, 2.05) is 19.1 Å². The van der Waals surface area contributed by atoms with Crippen LogP contribution < -0.4 is 11.1 Å². The van der Waals surface area contributed by atoms with Crippen molar-refractivity contribution >= 4 is 23.3 Å². The van der Waals surface area contributed by atoms with Gasteiger partial charge in [-0.3, -0.25) is 14.6 Å². The Balaban J connectivity index is 1.79. The fourth-order valence-corrected chi connectivity index (χ4v) is 3.33. The maximum atomic E-state index is 12.9. The zero-order chi connectivity index (χ0) is 19.6. The SMILES string of the molecule is Cc1ccc([C@H]2CC[C@H](C)CN2C(=O)C(=O)Nc2cnc(N)c(C)c2)nc1. The van der Waals surface area contributed by atoms with Crippen LogP contribution in [0.4, 0.5) is 11.5 Å². The van der Waals surface area contributed by atoms with Crippen LogP contribution in [0.25, 0.3) is 0 Å². The lowest BCUT2D eigenvalue weighted by atomic mass is 9.92. The maximum Gasteiger partial charge on any atom is 0.313 e. The Morgan fingerprint density at radius 3 is 2.63 bits per heavy atom. The number of nitrogen functional groups attached to an aromatic ring is 1. The number of anilines is 2. The van der Waals surface area contributed by atoms with Crippen LogP contribution in [0.15, 0.2) is 30.6 Å². The van der Waals surface area contributed by atoms with Gasteiger partial charge in [0.05, 0.1) is 23.6 Å². The summed E-state index contributed by atoms with van der Waals surface area (Å²) in [6, 6.07) is 5.42. The fraction of sp³-hybridized carbons (Fsp3) is 0.400. The minimum absolute atomic E-state index is 0.189. The monoisotopic (exact) mass is 367 g/mol. The predicted octanol–water partition coefficient (Wildman–Crippen LogP) is 2.61. The van der Waals surface area contributed by atoms with Crippen molar-refractivity contribution in [3.63, 3.8) is 0 Å². The number of nitrogens with two attached hydrogens (primary N) is 1. The largest absolute Gasteiger partial charge is 0.383 e. The molecule has 7 nitrogen and oxygen atoms in total. The fourth-order valence-electron chi connectivity index (χ4n) is 3.33. The van der Waals surface area contributed by atoms with Crippen LogP contribution in [0.1, 0.15) is 42.6 Å². The Labute approximate surface area is 159 Å². The molecule has 1 aliphatic heterocycles. The molecule has 1 aliphatic rings. The molecule has 1 fully saturated rings. The second kappa shape index (κ2) is 7.73. The van der Waals surface area contributed by atoms with E-state index in [1.54, 1.807) is 24.1 Å². The van der Waals surface area contributed by atoms with Crippen molar-refractivity contribution in [2.45, 2.75) is 39.7 Å². The van der Waals surface area contributed by atoms with Gasteiger partial charge in [-0.1, -0.05) is 13.0 Å². The normalized spacial score (nSPS) is 19.6. The lowest BCUT2D eigenvalue weighted by Crippen LogP contribution is -2.46. The van der Waals surface area contributed by atoms with Crippen molar-refractivity contribution in [3.05, 3.63) is 47.4 Å². The van der Waals surface area contributed by atoms with E-state index in [2.05, 4.69) is 22.2 Å². The molecule has 2 aromatic heterocycles. The van der Waals surface area contributed by atoms with Crippen molar-refractivity contribution in [2.24, 2.45) is 5.92 Å². The molecule has 0 aliphatic carbocycles. The van der Waals surface area contributed by atoms with Gasteiger partial charge in [0.2, 0.25) is 0 Å². The smallest absolute Gasteiger partial charge is 0.313 e. The van der Waals surface area contributed by atoms with Gasteiger partial charge in [-0.05, 0) is 55.9 Å². The van der Waals surface area contributed by atoms with Gasteiger partial charge in [-0.15, -0.1) is 0 Å². The molecule has 2 atom stereocenters. The molecule has 142 valence electrons. The zero-order valence-corrected chi connectivity index (χ0v) is 15.9. The molecule has 2 aromatic rings. The summed E-state index contributed by atoms with van der Waals surface area (Å²) in [5, 5.41) is 2.63. The topological polar surface area (TPSA) is 101 Å². The van der Waals surface area contributed by atoms with Crippen molar-refractivity contribution in [1.29, 1.82) is 0 Å². The highest BCUT2D eigenvalue weighted by Crippen LogP contribution is 2.32. The lowest BCUT2D eigenvalue weighted by molar-refractivity contribution is -0.146. The van der Waals surface area contributed by atoms with E-state index in [4.69, 9.17) is 5.73 Å². The molecular weight excluding hydrogens is 342 g/mol. The summed E-state index contributed by atoms with van der Waals surface area (Å²) in [4.78, 5) is 35.6. The molecule has 0 radical (unpaired) electrons. The third-order valence-corrected chi connectivity index (χ3v) is 4.92. The predicted molar refractivity (Wildman–Crippen MR) is 104 cm³/mol. The summed E-state index contributed by atoms with van der Waals surface area (Å²) in [5.74, 6) is -0.492. The van der Waals surface area contributed by atoms with Crippen LogP contribution in [0.5, 0.6) is 0 Å². The molecule has 3 rings (SSSR count). The number of aromatic nitrogens is 2. The minimum Gasteiger partial charge on any atom is -0.383 e. The summed E-state index contributed by atoms with van der Waals surface area (Å²) in [5.41, 5.74) is 8.77. The van der Waals surface area contributed by atoms with E-state index in [1.165, 1.54) is 6.20 Å². The molecular formula is C20H25N5O2. The van der Waals surface area contributed by atoms with Crippen LogP contribution >= 0.6 is 0 Å². The lowest BCUT2D eigenvalue weighted by Gasteiger charge is -2.38. The first-order valence-electron chi connectivity index (χ1n) is 9.11. The average molecular weight is 367 g/mol. The number of hydrogen-bond acceptors (Lipinski definition) is 5. The average Bonchev–Trinajstić information content (AvgIpc) is 2.65. The van der Waals surface area contributed by atoms with E-state index in [0.29, 0.717) is 24.0 Å². The molecule has 27 heavy (non-hydrogen) atoms. The van der Waals surface area contributed by atoms with E-state index in [-0.39, 0.29) is 6.04 Å². The zero-order valence-electron chi connectivity index (χ0n) is 15.9. The summed E-state index contributed by atoms with van der Waals surface area (Å²) < 4.78 is 0. The standard InChI is InChI=1S/C20H25N5O2/c1-12-4-6-16(22-9-12)17-7-5-13(2)11-25(17)20(27)19(26)24-15-8-14(3)18(21)23-10-15/h4,6,8-10,13,17H,5,7,11H2,1-3H3,(H2,21,23)(H,24,26)/t13-,17+/m0/s1. The number of amides is 2. The number of hydrogen-bond donors (Lipinski definition) is 2. The quantitative estimate of drug-likeness (QED) is 0.795. The molecule has 1 saturated heterocycles. The van der Waals surface area contributed by atoms with E-state index < -0.39 is 11.8 Å². The van der Waals surface area contributed by atoms with Gasteiger partial charge in [0, 0.05) is 12.7 Å². The molecule has 3 N–H and O–H groups in total. The number of piperidine rings is 1. The van der Waals surface area contributed by atoms with Crippen LogP contribution in [0.2, 0.25) is 0 Å². The molecule has 3 heterocycles. The number of pyridine rings is 2. The van der Waals surface area contributed by atoms with Gasteiger partial charge < -0.3 is 16.0 Å². The number of rotatable bonds is 2. The highest BCUT2D eigenvalue weighted by atomic mass is 16.2. The Morgan fingerprint density at radius 2 is 1.96 bits per heavy atom. The van der Waals surface area contributed by atoms with Gasteiger partial charge in [0.25, 0.3) is 0 Å². The van der Waals surface area contributed by atoms with Crippen molar-refractivity contribution < 1.29 is 9.59 Å². The molecule has 2 amide bonds. The van der Waals surface area contributed by atoms with E-state index in [0.717, 1.165) is 29.7 Å². The third kappa shape index (κ3) is 4.24. The van der Waals surface area contributed by atoms with Gasteiger partial charge in [-0.25, -0.2) is 4.98 Å². The minimum atomic E-state index is -0.674. The Morgan fingerprint density at radius 1 is 1.19 bits per heavy atom. The molecule has 7 heteroatoms. The van der Waals surface area contributed by atoms with Crippen LogP contribution in [0.3, 0.4) is 0 Å². The maximum absolute atomic E-state index is 12.9. The summed E-state index contributed by atoms with van der Waals surface area (Å²) in [6.45, 7) is 6.39. The Bertz CT molecular complexity index is 850. The Kier molecular flexibility index (Phi) is 5.39. The van der Waals surface area contributed by atoms with Crippen molar-refractivity contribution in [1.82, 2.24) is 14.9 Å². The van der Waals surface area contributed by atoms with Gasteiger partial charge in [-0.2, -0.15) is 0 Å². The van der Waals surface area contributed by atoms with Gasteiger partial charge in [0.15, 0.2) is 0 Å². The second-order valence-corrected chi connectivity index (χ2v) is 7.30. The number of aryl methyl sites for hydroxylation is 2. The highest BCUT2D eigenvalue weighted by molar-refractivity contribution is 6.39. The second-order valence-electron chi connectivity index (χ2n) is 7.30. The number of likely N-dealkylation sites (tertiary alicyclic amines) is 1. The van der Waals surface area contributed by atoms with Crippen LogP contribution in [0, 0.1) is 19.8 Å². The summed E-state index contributed by atoms with van der Waals surface area (Å²) in [7, 11) is 0. The number of nitrogens with zero attached hydrogens (tertiary/aromatic N) is 3. The van der Waals surface area contributed by atoms with Crippen molar-refractivity contribution in [2.75, 3.05) is 17.6 Å². The summed E-state index contributed by atoms with van der Waals surface area (Å²) >= 11 is 0. The third-order valence-electron chi connectivity index (χ3n) is 4.92.